The molecule has 1 aliphatic heterocycles. The zero-order valence-electron chi connectivity index (χ0n) is 11.0. The van der Waals surface area contributed by atoms with Gasteiger partial charge in [-0.05, 0) is 12.8 Å². The SMILES string of the molecule is CCC1OCCC1C(=O)N(C)CC(N)COC. The van der Waals surface area contributed by atoms with Gasteiger partial charge in [0.2, 0.25) is 5.91 Å². The average molecular weight is 244 g/mol. The highest BCUT2D eigenvalue weighted by atomic mass is 16.5. The summed E-state index contributed by atoms with van der Waals surface area (Å²) in [6.07, 6.45) is 1.78. The lowest BCUT2D eigenvalue weighted by Crippen LogP contribution is -2.44. The summed E-state index contributed by atoms with van der Waals surface area (Å²) in [5.74, 6) is 0.139. The highest BCUT2D eigenvalue weighted by Crippen LogP contribution is 2.24. The van der Waals surface area contributed by atoms with Crippen molar-refractivity contribution >= 4 is 5.91 Å². The second-order valence-corrected chi connectivity index (χ2v) is 4.65. The van der Waals surface area contributed by atoms with Crippen molar-refractivity contribution in [2.45, 2.75) is 31.9 Å². The lowest BCUT2D eigenvalue weighted by atomic mass is 9.98. The molecule has 0 bridgehead atoms. The van der Waals surface area contributed by atoms with Crippen molar-refractivity contribution in [2.24, 2.45) is 11.7 Å². The molecule has 1 fully saturated rings. The molecule has 1 aliphatic rings. The second kappa shape index (κ2) is 6.93. The number of nitrogens with two attached hydrogens (primary N) is 1. The molecule has 100 valence electrons. The minimum absolute atomic E-state index is 0.000236. The van der Waals surface area contributed by atoms with E-state index < -0.39 is 0 Å². The van der Waals surface area contributed by atoms with Crippen LogP contribution in [0.5, 0.6) is 0 Å². The summed E-state index contributed by atoms with van der Waals surface area (Å²) in [5.41, 5.74) is 5.84. The molecule has 2 N–H and O–H groups in total. The molecule has 0 aromatic carbocycles. The smallest absolute Gasteiger partial charge is 0.228 e. The number of carbonyl (C=O) groups excluding carboxylic acids is 1. The number of hydrogen-bond acceptors (Lipinski definition) is 4. The van der Waals surface area contributed by atoms with E-state index in [0.717, 1.165) is 12.8 Å². The number of ether oxygens (including phenoxy) is 2. The van der Waals surface area contributed by atoms with Crippen LogP contribution < -0.4 is 5.73 Å². The molecule has 3 atom stereocenters. The van der Waals surface area contributed by atoms with Gasteiger partial charge in [-0.1, -0.05) is 6.92 Å². The summed E-state index contributed by atoms with van der Waals surface area (Å²) in [6.45, 7) is 3.73. The van der Waals surface area contributed by atoms with Gasteiger partial charge in [-0.2, -0.15) is 0 Å². The number of rotatable bonds is 6. The number of methoxy groups -OCH3 is 1. The van der Waals surface area contributed by atoms with Crippen LogP contribution >= 0.6 is 0 Å². The molecule has 0 radical (unpaired) electrons. The molecule has 3 unspecified atom stereocenters. The van der Waals surface area contributed by atoms with Crippen molar-refractivity contribution in [1.82, 2.24) is 4.90 Å². The normalized spacial score (nSPS) is 25.9. The van der Waals surface area contributed by atoms with Gasteiger partial charge in [-0.3, -0.25) is 4.79 Å². The van der Waals surface area contributed by atoms with E-state index in [-0.39, 0.29) is 24.0 Å². The van der Waals surface area contributed by atoms with Gasteiger partial charge in [-0.25, -0.2) is 0 Å². The summed E-state index contributed by atoms with van der Waals surface area (Å²) in [7, 11) is 3.41. The lowest BCUT2D eigenvalue weighted by molar-refractivity contribution is -0.136. The van der Waals surface area contributed by atoms with Crippen molar-refractivity contribution in [3.63, 3.8) is 0 Å². The maximum atomic E-state index is 12.2. The Balaban J connectivity index is 2.45. The average Bonchev–Trinajstić information content (AvgIpc) is 2.76. The first kappa shape index (κ1) is 14.4. The van der Waals surface area contributed by atoms with Gasteiger partial charge >= 0.3 is 0 Å². The Morgan fingerprint density at radius 1 is 1.65 bits per heavy atom. The number of hydrogen-bond donors (Lipinski definition) is 1. The highest BCUT2D eigenvalue weighted by molar-refractivity contribution is 5.79. The van der Waals surface area contributed by atoms with E-state index >= 15 is 0 Å². The Hall–Kier alpha value is -0.650. The number of nitrogens with zero attached hydrogens (tertiary/aromatic N) is 1. The van der Waals surface area contributed by atoms with Gasteiger partial charge in [-0.15, -0.1) is 0 Å². The summed E-state index contributed by atoms with van der Waals surface area (Å²) in [6, 6.07) is -0.128. The fraction of sp³-hybridized carbons (Fsp3) is 0.917. The number of amides is 1. The van der Waals surface area contributed by atoms with Crippen LogP contribution in [0.3, 0.4) is 0 Å². The molecule has 0 saturated carbocycles. The van der Waals surface area contributed by atoms with E-state index in [1.54, 1.807) is 19.1 Å². The molecule has 1 heterocycles. The van der Waals surface area contributed by atoms with Gasteiger partial charge in [0.05, 0.1) is 18.6 Å². The molecule has 0 aromatic rings. The first-order valence-corrected chi connectivity index (χ1v) is 6.21. The van der Waals surface area contributed by atoms with Gasteiger partial charge in [0.1, 0.15) is 0 Å². The summed E-state index contributed by atoms with van der Waals surface area (Å²) >= 11 is 0. The molecule has 5 nitrogen and oxygen atoms in total. The molecule has 0 aliphatic carbocycles. The standard InChI is InChI=1S/C12H24N2O3/c1-4-11-10(5-6-17-11)12(15)14(2)7-9(13)8-16-3/h9-11H,4-8,13H2,1-3H3. The summed E-state index contributed by atoms with van der Waals surface area (Å²) in [5, 5.41) is 0. The Morgan fingerprint density at radius 3 is 2.94 bits per heavy atom. The maximum absolute atomic E-state index is 12.2. The summed E-state index contributed by atoms with van der Waals surface area (Å²) in [4.78, 5) is 13.9. The molecule has 0 aromatic heterocycles. The van der Waals surface area contributed by atoms with Crippen LogP contribution in [0.1, 0.15) is 19.8 Å². The quantitative estimate of drug-likeness (QED) is 0.726. The number of likely N-dealkylation sites (N-methyl/N-ethyl adjacent to an activating group) is 1. The largest absolute Gasteiger partial charge is 0.383 e. The van der Waals surface area contributed by atoms with Gasteiger partial charge < -0.3 is 20.1 Å². The van der Waals surface area contributed by atoms with E-state index in [2.05, 4.69) is 0 Å². The Kier molecular flexibility index (Phi) is 5.88. The first-order valence-electron chi connectivity index (χ1n) is 6.21. The predicted octanol–water partition coefficient (Wildman–Crippen LogP) is 0.234. The Bertz CT molecular complexity index is 248. The Morgan fingerprint density at radius 2 is 2.35 bits per heavy atom. The van der Waals surface area contributed by atoms with E-state index in [1.807, 2.05) is 6.92 Å². The van der Waals surface area contributed by atoms with Gasteiger partial charge in [0.15, 0.2) is 0 Å². The fourth-order valence-electron chi connectivity index (χ4n) is 2.32. The molecule has 1 amide bonds. The van der Waals surface area contributed by atoms with E-state index in [9.17, 15) is 4.79 Å². The lowest BCUT2D eigenvalue weighted by Gasteiger charge is -2.25. The Labute approximate surface area is 103 Å². The zero-order chi connectivity index (χ0) is 12.8. The third-order valence-electron chi connectivity index (χ3n) is 3.19. The van der Waals surface area contributed by atoms with Crippen molar-refractivity contribution in [1.29, 1.82) is 0 Å². The molecule has 17 heavy (non-hydrogen) atoms. The molecule has 0 spiro atoms. The van der Waals surface area contributed by atoms with Crippen LogP contribution in [0.15, 0.2) is 0 Å². The van der Waals surface area contributed by atoms with E-state index in [1.165, 1.54) is 0 Å². The van der Waals surface area contributed by atoms with Crippen molar-refractivity contribution in [3.8, 4) is 0 Å². The topological polar surface area (TPSA) is 64.8 Å². The van der Waals surface area contributed by atoms with Crippen LogP contribution in [-0.4, -0.2) is 56.9 Å². The van der Waals surface area contributed by atoms with Crippen molar-refractivity contribution in [3.05, 3.63) is 0 Å². The fourth-order valence-corrected chi connectivity index (χ4v) is 2.32. The second-order valence-electron chi connectivity index (χ2n) is 4.65. The molecule has 1 saturated heterocycles. The van der Waals surface area contributed by atoms with Crippen LogP contribution in [0.25, 0.3) is 0 Å². The molecular weight excluding hydrogens is 220 g/mol. The minimum atomic E-state index is -0.128. The van der Waals surface area contributed by atoms with Gasteiger partial charge in [0, 0.05) is 33.4 Å². The number of carbonyl (C=O) groups is 1. The highest BCUT2D eigenvalue weighted by Gasteiger charge is 2.34. The molecule has 5 heteroatoms. The summed E-state index contributed by atoms with van der Waals surface area (Å²) < 4.78 is 10.5. The van der Waals surface area contributed by atoms with Crippen LogP contribution in [0.4, 0.5) is 0 Å². The maximum Gasteiger partial charge on any atom is 0.228 e. The van der Waals surface area contributed by atoms with Crippen LogP contribution in [0.2, 0.25) is 0 Å². The van der Waals surface area contributed by atoms with Crippen molar-refractivity contribution < 1.29 is 14.3 Å². The van der Waals surface area contributed by atoms with Crippen LogP contribution in [0, 0.1) is 5.92 Å². The van der Waals surface area contributed by atoms with Gasteiger partial charge in [0.25, 0.3) is 0 Å². The molecular formula is C12H24N2O3. The van der Waals surface area contributed by atoms with Crippen molar-refractivity contribution in [2.75, 3.05) is 33.9 Å². The molecule has 1 rings (SSSR count). The van der Waals surface area contributed by atoms with E-state index in [4.69, 9.17) is 15.2 Å². The third-order valence-corrected chi connectivity index (χ3v) is 3.19. The minimum Gasteiger partial charge on any atom is -0.383 e. The zero-order valence-corrected chi connectivity index (χ0v) is 11.0. The van der Waals surface area contributed by atoms with Crippen LogP contribution in [-0.2, 0) is 14.3 Å². The van der Waals surface area contributed by atoms with E-state index in [0.29, 0.717) is 19.8 Å². The first-order chi connectivity index (χ1) is 8.10. The third kappa shape index (κ3) is 3.94. The predicted molar refractivity (Wildman–Crippen MR) is 65.6 cm³/mol. The monoisotopic (exact) mass is 244 g/mol.